The van der Waals surface area contributed by atoms with Gasteiger partial charge in [0.15, 0.2) is 0 Å². The average molecular weight is 463 g/mol. The van der Waals surface area contributed by atoms with Crippen molar-refractivity contribution in [2.45, 2.75) is 37.6 Å². The van der Waals surface area contributed by atoms with Crippen LogP contribution in [0.5, 0.6) is 0 Å². The van der Waals surface area contributed by atoms with E-state index in [2.05, 4.69) is 45.7 Å². The van der Waals surface area contributed by atoms with Crippen LogP contribution in [0.15, 0.2) is 96.2 Å². The molecule has 2 atom stereocenters. The Morgan fingerprint density at radius 1 is 0.914 bits per heavy atom. The van der Waals surface area contributed by atoms with E-state index in [1.807, 2.05) is 51.8 Å². The van der Waals surface area contributed by atoms with Gasteiger partial charge in [0.25, 0.3) is 5.56 Å². The number of benzene rings is 2. The maximum absolute atomic E-state index is 13.1. The fraction of sp³-hybridized carbons (Fsp3) is 0.214. The zero-order valence-corrected chi connectivity index (χ0v) is 19.3. The van der Waals surface area contributed by atoms with Crippen molar-refractivity contribution in [1.29, 1.82) is 0 Å². The molecule has 0 spiro atoms. The molecule has 3 aromatic heterocycles. The van der Waals surface area contributed by atoms with Gasteiger partial charge in [0.2, 0.25) is 5.95 Å². The quantitative estimate of drug-likeness (QED) is 0.367. The highest BCUT2D eigenvalue weighted by Crippen LogP contribution is 2.38. The Hall–Kier alpha value is -4.26. The number of anilines is 2. The van der Waals surface area contributed by atoms with Crippen molar-refractivity contribution in [2.75, 3.05) is 5.32 Å². The molecule has 7 nitrogen and oxygen atoms in total. The average Bonchev–Trinajstić information content (AvgIpc) is 3.45. The smallest absolute Gasteiger partial charge is 0.252 e. The Labute approximate surface area is 203 Å². The number of hydrogen-bond donors (Lipinski definition) is 1. The van der Waals surface area contributed by atoms with Crippen LogP contribution in [0.2, 0.25) is 0 Å². The van der Waals surface area contributed by atoms with Gasteiger partial charge in [-0.3, -0.25) is 9.36 Å². The summed E-state index contributed by atoms with van der Waals surface area (Å²) in [4.78, 5) is 22.4. The molecule has 2 unspecified atom stereocenters. The summed E-state index contributed by atoms with van der Waals surface area (Å²) in [5.74, 6) is 0.920. The summed E-state index contributed by atoms with van der Waals surface area (Å²) < 4.78 is 3.69. The van der Waals surface area contributed by atoms with Crippen molar-refractivity contribution in [1.82, 2.24) is 24.3 Å². The standard InChI is InChI=1S/C28H26N6O/c35-26-15-10-22-19-29-28(31-23-11-13-24(14-12-23)33-17-5-16-30-33)32-27(22)34(26)25-9-4-8-21(18-25)20-6-2-1-3-7-20/h1-3,5-7,10-17,19,21,25H,4,8-9,18H2,(H,29,31,32). The Morgan fingerprint density at radius 3 is 2.57 bits per heavy atom. The molecule has 7 heteroatoms. The van der Waals surface area contributed by atoms with Crippen LogP contribution in [-0.2, 0) is 0 Å². The molecule has 0 radical (unpaired) electrons. The third-order valence-electron chi connectivity index (χ3n) is 6.84. The third kappa shape index (κ3) is 4.33. The number of hydrogen-bond acceptors (Lipinski definition) is 5. The minimum absolute atomic E-state index is 0.00978. The van der Waals surface area contributed by atoms with E-state index in [1.54, 1.807) is 18.5 Å². The summed E-state index contributed by atoms with van der Waals surface area (Å²) in [7, 11) is 0. The molecule has 35 heavy (non-hydrogen) atoms. The minimum Gasteiger partial charge on any atom is -0.324 e. The van der Waals surface area contributed by atoms with Crippen LogP contribution in [0.1, 0.15) is 43.2 Å². The van der Waals surface area contributed by atoms with Crippen molar-refractivity contribution in [3.05, 3.63) is 107 Å². The van der Waals surface area contributed by atoms with Gasteiger partial charge < -0.3 is 5.32 Å². The summed E-state index contributed by atoms with van der Waals surface area (Å²) in [6.45, 7) is 0. The molecular formula is C28H26N6O. The first-order chi connectivity index (χ1) is 17.2. The zero-order valence-electron chi connectivity index (χ0n) is 19.3. The minimum atomic E-state index is -0.00978. The molecule has 1 N–H and O–H groups in total. The topological polar surface area (TPSA) is 77.6 Å². The first-order valence-corrected chi connectivity index (χ1v) is 12.0. The maximum atomic E-state index is 13.1. The van der Waals surface area contributed by atoms with Crippen molar-refractivity contribution in [3.8, 4) is 5.69 Å². The van der Waals surface area contributed by atoms with Crippen molar-refractivity contribution < 1.29 is 0 Å². The molecule has 6 rings (SSSR count). The van der Waals surface area contributed by atoms with Gasteiger partial charge >= 0.3 is 0 Å². The molecule has 5 aromatic rings. The van der Waals surface area contributed by atoms with E-state index in [1.165, 1.54) is 5.56 Å². The van der Waals surface area contributed by atoms with Gasteiger partial charge in [0, 0.05) is 41.8 Å². The van der Waals surface area contributed by atoms with Gasteiger partial charge in [-0.2, -0.15) is 10.1 Å². The summed E-state index contributed by atoms with van der Waals surface area (Å²) in [5.41, 5.74) is 3.86. The van der Waals surface area contributed by atoms with Crippen LogP contribution in [0.4, 0.5) is 11.6 Å². The van der Waals surface area contributed by atoms with Crippen molar-refractivity contribution in [2.24, 2.45) is 0 Å². The highest BCUT2D eigenvalue weighted by atomic mass is 16.1. The number of nitrogens with one attached hydrogen (secondary N) is 1. The Balaban J connectivity index is 1.30. The van der Waals surface area contributed by atoms with E-state index in [-0.39, 0.29) is 11.6 Å². The van der Waals surface area contributed by atoms with Gasteiger partial charge in [0.1, 0.15) is 5.65 Å². The van der Waals surface area contributed by atoms with E-state index >= 15 is 0 Å². The summed E-state index contributed by atoms with van der Waals surface area (Å²) in [6.07, 6.45) is 9.60. The fourth-order valence-corrected chi connectivity index (χ4v) is 5.13. The summed E-state index contributed by atoms with van der Waals surface area (Å²) in [5, 5.41) is 8.41. The first-order valence-electron chi connectivity index (χ1n) is 12.0. The van der Waals surface area contributed by atoms with Crippen molar-refractivity contribution in [3.63, 3.8) is 0 Å². The first kappa shape index (κ1) is 21.3. The zero-order chi connectivity index (χ0) is 23.6. The number of fused-ring (bicyclic) bond motifs is 1. The summed E-state index contributed by atoms with van der Waals surface area (Å²) >= 11 is 0. The fourth-order valence-electron chi connectivity index (χ4n) is 5.13. The molecule has 1 fully saturated rings. The van der Waals surface area contributed by atoms with Gasteiger partial charge in [-0.05, 0) is 67.1 Å². The van der Waals surface area contributed by atoms with Gasteiger partial charge in [-0.1, -0.05) is 36.8 Å². The summed E-state index contributed by atoms with van der Waals surface area (Å²) in [6, 6.07) is 24.0. The molecule has 1 saturated carbocycles. The van der Waals surface area contributed by atoms with Gasteiger partial charge in [0.05, 0.1) is 5.69 Å². The molecule has 1 aliphatic rings. The second-order valence-electron chi connectivity index (χ2n) is 9.06. The van der Waals surface area contributed by atoms with Gasteiger partial charge in [-0.15, -0.1) is 0 Å². The Bertz CT molecular complexity index is 1490. The second-order valence-corrected chi connectivity index (χ2v) is 9.06. The molecule has 0 bridgehead atoms. The van der Waals surface area contributed by atoms with Crippen LogP contribution < -0.4 is 10.9 Å². The molecular weight excluding hydrogens is 436 g/mol. The van der Waals surface area contributed by atoms with E-state index in [4.69, 9.17) is 4.98 Å². The number of nitrogens with zero attached hydrogens (tertiary/aromatic N) is 5. The van der Waals surface area contributed by atoms with Crippen LogP contribution in [-0.4, -0.2) is 24.3 Å². The monoisotopic (exact) mass is 462 g/mol. The number of rotatable bonds is 5. The Kier molecular flexibility index (Phi) is 5.58. The predicted octanol–water partition coefficient (Wildman–Crippen LogP) is 5.62. The van der Waals surface area contributed by atoms with Gasteiger partial charge in [-0.25, -0.2) is 9.67 Å². The molecule has 0 saturated heterocycles. The lowest BCUT2D eigenvalue weighted by molar-refractivity contribution is 0.319. The third-order valence-corrected chi connectivity index (χ3v) is 6.84. The molecule has 0 aliphatic heterocycles. The van der Waals surface area contributed by atoms with E-state index in [0.29, 0.717) is 17.5 Å². The van der Waals surface area contributed by atoms with E-state index in [0.717, 1.165) is 42.4 Å². The lowest BCUT2D eigenvalue weighted by Crippen LogP contribution is -2.28. The molecule has 1 aliphatic carbocycles. The molecule has 3 heterocycles. The Morgan fingerprint density at radius 2 is 1.77 bits per heavy atom. The molecule has 2 aromatic carbocycles. The normalized spacial score (nSPS) is 17.9. The predicted molar refractivity (Wildman–Crippen MR) is 137 cm³/mol. The van der Waals surface area contributed by atoms with Crippen LogP contribution in [0, 0.1) is 0 Å². The largest absolute Gasteiger partial charge is 0.324 e. The van der Waals surface area contributed by atoms with Crippen LogP contribution in [0.25, 0.3) is 16.7 Å². The van der Waals surface area contributed by atoms with Crippen molar-refractivity contribution >= 4 is 22.7 Å². The lowest BCUT2D eigenvalue weighted by atomic mass is 9.81. The SMILES string of the molecule is O=c1ccc2cnc(Nc3ccc(-n4cccn4)cc3)nc2n1C1CCCC(c2ccccc2)C1. The molecule has 174 valence electrons. The van der Waals surface area contributed by atoms with Crippen LogP contribution in [0.3, 0.4) is 0 Å². The maximum Gasteiger partial charge on any atom is 0.252 e. The molecule has 0 amide bonds. The van der Waals surface area contributed by atoms with E-state index < -0.39 is 0 Å². The van der Waals surface area contributed by atoms with E-state index in [9.17, 15) is 4.79 Å². The number of aromatic nitrogens is 5. The van der Waals surface area contributed by atoms with Crippen LogP contribution >= 0.6 is 0 Å². The lowest BCUT2D eigenvalue weighted by Gasteiger charge is -2.31. The highest BCUT2D eigenvalue weighted by molar-refractivity contribution is 5.76. The second kappa shape index (κ2) is 9.18. The number of pyridine rings is 1. The highest BCUT2D eigenvalue weighted by Gasteiger charge is 2.26.